The molecule has 1 heterocycles. The van der Waals surface area contributed by atoms with Crippen LogP contribution in [0.15, 0.2) is 18.2 Å². The van der Waals surface area contributed by atoms with Crippen LogP contribution in [0.5, 0.6) is 5.75 Å². The first-order chi connectivity index (χ1) is 19.3. The van der Waals surface area contributed by atoms with Gasteiger partial charge in [0.25, 0.3) is 0 Å². The number of carbonyl (C=O) groups excluding carboxylic acids is 3. The standard InChI is InChI=1S/C32H52N4O4/c1-6-23-8-9-24(18-30(23)40-15-7-14-33-4)29(37)17-25(22(2)3)16-26-19-35-20-27(26)21-36(28-10-11-28)32(39)13-12-31(38)34-5/h8-9,18,22,25-28,33,35H,6-7,10-17,19-21H2,1-5H3,(H,34,38)/t25?,26-,27+/m1/s1. The molecule has 2 amide bonds. The fourth-order valence-corrected chi connectivity index (χ4v) is 5.78. The number of Topliss-reactive ketones (excluding diaryl/α,β-unsaturated/α-hetero) is 1. The predicted octanol–water partition coefficient (Wildman–Crippen LogP) is 3.83. The number of ketones is 1. The van der Waals surface area contributed by atoms with Crippen LogP contribution in [0.3, 0.4) is 0 Å². The molecule has 3 N–H and O–H groups in total. The van der Waals surface area contributed by atoms with Gasteiger partial charge in [0.2, 0.25) is 11.8 Å². The Balaban J connectivity index is 1.62. The SMILES string of the molecule is CCc1ccc(C(=O)CC(C[C@@H]2CNC[C@H]2CN(C(=O)CCC(=O)NC)C2CC2)C(C)C)cc1OCCCNC. The molecule has 1 aliphatic carbocycles. The second-order valence-electron chi connectivity index (χ2n) is 12.0. The monoisotopic (exact) mass is 556 g/mol. The Hall–Kier alpha value is -2.45. The van der Waals surface area contributed by atoms with Crippen LogP contribution in [0.1, 0.15) is 81.6 Å². The molecule has 0 aromatic heterocycles. The average molecular weight is 557 g/mol. The summed E-state index contributed by atoms with van der Waals surface area (Å²) in [5, 5.41) is 9.31. The highest BCUT2D eigenvalue weighted by atomic mass is 16.5. The molecule has 3 rings (SSSR count). The Kier molecular flexibility index (Phi) is 12.9. The molecule has 1 unspecified atom stereocenters. The van der Waals surface area contributed by atoms with Crippen molar-refractivity contribution in [2.75, 3.05) is 46.9 Å². The number of aryl methyl sites for hydroxylation is 1. The lowest BCUT2D eigenvalue weighted by atomic mass is 9.78. The minimum atomic E-state index is -0.0919. The van der Waals surface area contributed by atoms with Crippen molar-refractivity contribution in [3.63, 3.8) is 0 Å². The minimum Gasteiger partial charge on any atom is -0.493 e. The van der Waals surface area contributed by atoms with Crippen LogP contribution >= 0.6 is 0 Å². The van der Waals surface area contributed by atoms with E-state index >= 15 is 0 Å². The van der Waals surface area contributed by atoms with Gasteiger partial charge in [-0.25, -0.2) is 0 Å². The molecule has 1 aromatic rings. The molecule has 0 radical (unpaired) electrons. The van der Waals surface area contributed by atoms with Crippen LogP contribution in [0.25, 0.3) is 0 Å². The van der Waals surface area contributed by atoms with Gasteiger partial charge in [0.05, 0.1) is 6.61 Å². The van der Waals surface area contributed by atoms with Crippen LogP contribution < -0.4 is 20.7 Å². The highest BCUT2D eigenvalue weighted by molar-refractivity contribution is 5.96. The molecule has 0 bridgehead atoms. The van der Waals surface area contributed by atoms with Crippen LogP contribution in [-0.4, -0.2) is 75.4 Å². The number of rotatable bonds is 18. The minimum absolute atomic E-state index is 0.0897. The second kappa shape index (κ2) is 16.1. The zero-order chi connectivity index (χ0) is 29.1. The van der Waals surface area contributed by atoms with Gasteiger partial charge in [-0.05, 0) is 94.1 Å². The van der Waals surface area contributed by atoms with Crippen molar-refractivity contribution in [3.8, 4) is 5.75 Å². The third kappa shape index (κ3) is 9.58. The Morgan fingerprint density at radius 2 is 1.85 bits per heavy atom. The topological polar surface area (TPSA) is 99.8 Å². The number of benzene rings is 1. The maximum Gasteiger partial charge on any atom is 0.223 e. The molecule has 3 atom stereocenters. The highest BCUT2D eigenvalue weighted by Gasteiger charge is 2.38. The van der Waals surface area contributed by atoms with Gasteiger partial charge >= 0.3 is 0 Å². The van der Waals surface area contributed by atoms with Crippen molar-refractivity contribution in [3.05, 3.63) is 29.3 Å². The molecule has 2 fully saturated rings. The maximum atomic E-state index is 13.5. The molecule has 2 aliphatic rings. The lowest BCUT2D eigenvalue weighted by Gasteiger charge is -2.31. The zero-order valence-electron chi connectivity index (χ0n) is 25.4. The van der Waals surface area contributed by atoms with Crippen molar-refractivity contribution in [1.82, 2.24) is 20.9 Å². The molecule has 1 saturated carbocycles. The molecular weight excluding hydrogens is 504 g/mol. The third-order valence-corrected chi connectivity index (χ3v) is 8.66. The van der Waals surface area contributed by atoms with Crippen LogP contribution in [0, 0.1) is 23.7 Å². The summed E-state index contributed by atoms with van der Waals surface area (Å²) in [5.41, 5.74) is 1.86. The number of carbonyl (C=O) groups is 3. The molecule has 8 nitrogen and oxygen atoms in total. The van der Waals surface area contributed by atoms with Gasteiger partial charge in [-0.2, -0.15) is 0 Å². The number of hydrogen-bond donors (Lipinski definition) is 3. The quantitative estimate of drug-likeness (QED) is 0.188. The number of nitrogens with one attached hydrogen (secondary N) is 3. The van der Waals surface area contributed by atoms with Gasteiger partial charge in [-0.1, -0.05) is 32.9 Å². The van der Waals surface area contributed by atoms with Gasteiger partial charge in [0.1, 0.15) is 5.75 Å². The first-order valence-electron chi connectivity index (χ1n) is 15.4. The lowest BCUT2D eigenvalue weighted by Crippen LogP contribution is -2.40. The van der Waals surface area contributed by atoms with Gasteiger partial charge in [-0.15, -0.1) is 0 Å². The number of hydrogen-bond acceptors (Lipinski definition) is 6. The Bertz CT molecular complexity index is 978. The average Bonchev–Trinajstić information content (AvgIpc) is 3.70. The Morgan fingerprint density at radius 3 is 2.50 bits per heavy atom. The summed E-state index contributed by atoms with van der Waals surface area (Å²) in [6, 6.07) is 6.25. The van der Waals surface area contributed by atoms with Crippen molar-refractivity contribution in [2.45, 2.75) is 78.2 Å². The Labute approximate surface area is 241 Å². The molecule has 0 spiro atoms. The van der Waals surface area contributed by atoms with Gasteiger partial charge in [0.15, 0.2) is 5.78 Å². The maximum absolute atomic E-state index is 13.5. The second-order valence-corrected chi connectivity index (χ2v) is 12.0. The predicted molar refractivity (Wildman–Crippen MR) is 160 cm³/mol. The van der Waals surface area contributed by atoms with E-state index in [0.29, 0.717) is 36.8 Å². The van der Waals surface area contributed by atoms with Crippen LogP contribution in [0.2, 0.25) is 0 Å². The van der Waals surface area contributed by atoms with Crippen molar-refractivity contribution >= 4 is 17.6 Å². The van der Waals surface area contributed by atoms with E-state index < -0.39 is 0 Å². The molecule has 1 aliphatic heterocycles. The largest absolute Gasteiger partial charge is 0.493 e. The molecule has 8 heteroatoms. The lowest BCUT2D eigenvalue weighted by molar-refractivity contribution is -0.134. The van der Waals surface area contributed by atoms with E-state index in [0.717, 1.165) is 75.2 Å². The van der Waals surface area contributed by atoms with Crippen molar-refractivity contribution < 1.29 is 19.1 Å². The van der Waals surface area contributed by atoms with Crippen molar-refractivity contribution in [1.29, 1.82) is 0 Å². The normalized spacial score (nSPS) is 19.4. The fourth-order valence-electron chi connectivity index (χ4n) is 5.78. The van der Waals surface area contributed by atoms with E-state index in [2.05, 4.69) is 36.7 Å². The number of amides is 2. The summed E-state index contributed by atoms with van der Waals surface area (Å²) < 4.78 is 6.06. The first kappa shape index (κ1) is 32.1. The summed E-state index contributed by atoms with van der Waals surface area (Å²) in [6.45, 7) is 10.6. The summed E-state index contributed by atoms with van der Waals surface area (Å²) in [6.07, 6.45) is 5.88. The van der Waals surface area contributed by atoms with Gasteiger partial charge < -0.3 is 25.6 Å². The summed E-state index contributed by atoms with van der Waals surface area (Å²) in [5.74, 6) is 2.43. The third-order valence-electron chi connectivity index (χ3n) is 8.66. The van der Waals surface area contributed by atoms with E-state index in [1.807, 2.05) is 30.1 Å². The van der Waals surface area contributed by atoms with Crippen molar-refractivity contribution in [2.24, 2.45) is 23.7 Å². The number of nitrogens with zero attached hydrogens (tertiary/aromatic N) is 1. The first-order valence-corrected chi connectivity index (χ1v) is 15.4. The van der Waals surface area contributed by atoms with E-state index in [9.17, 15) is 14.4 Å². The summed E-state index contributed by atoms with van der Waals surface area (Å²) in [7, 11) is 3.54. The fraction of sp³-hybridized carbons (Fsp3) is 0.719. The summed E-state index contributed by atoms with van der Waals surface area (Å²) in [4.78, 5) is 40.2. The highest BCUT2D eigenvalue weighted by Crippen LogP contribution is 2.35. The van der Waals surface area contributed by atoms with E-state index in [1.165, 1.54) is 0 Å². The zero-order valence-corrected chi connectivity index (χ0v) is 25.4. The molecule has 1 saturated heterocycles. The smallest absolute Gasteiger partial charge is 0.223 e. The Morgan fingerprint density at radius 1 is 1.10 bits per heavy atom. The van der Waals surface area contributed by atoms with Gasteiger partial charge in [0, 0.05) is 44.5 Å². The van der Waals surface area contributed by atoms with Crippen LogP contribution in [0.4, 0.5) is 0 Å². The summed E-state index contributed by atoms with van der Waals surface area (Å²) >= 11 is 0. The van der Waals surface area contributed by atoms with E-state index in [-0.39, 0.29) is 36.4 Å². The molecule has 1 aromatic carbocycles. The van der Waals surface area contributed by atoms with Crippen LogP contribution in [-0.2, 0) is 16.0 Å². The molecule has 224 valence electrons. The molecule has 40 heavy (non-hydrogen) atoms. The number of ether oxygens (including phenoxy) is 1. The molecular formula is C32H52N4O4. The van der Waals surface area contributed by atoms with E-state index in [4.69, 9.17) is 4.74 Å². The van der Waals surface area contributed by atoms with E-state index in [1.54, 1.807) is 7.05 Å². The van der Waals surface area contributed by atoms with Gasteiger partial charge in [-0.3, -0.25) is 14.4 Å².